The Morgan fingerprint density at radius 2 is 2.15 bits per heavy atom. The van der Waals surface area contributed by atoms with Gasteiger partial charge < -0.3 is 10.3 Å². The molecule has 0 saturated carbocycles. The van der Waals surface area contributed by atoms with Gasteiger partial charge in [-0.2, -0.15) is 0 Å². The predicted octanol–water partition coefficient (Wildman–Crippen LogP) is 3.89. The molecule has 100 valence electrons. The molecule has 2 heterocycles. The zero-order valence-corrected chi connectivity index (χ0v) is 12.4. The fourth-order valence-electron chi connectivity index (χ4n) is 2.04. The highest BCUT2D eigenvalue weighted by Gasteiger charge is 2.11. The Labute approximate surface area is 124 Å². The standard InChI is InChI=1S/C15H12BrN3O/c1-9-7-10(16)4-5-11(9)19-15(20)14-8-13-12(18-14)3-2-6-17-13/h2-8,18H,1H3,(H,19,20). The molecule has 5 heteroatoms. The normalized spacial score (nSPS) is 10.7. The number of amides is 1. The van der Waals surface area contributed by atoms with Crippen LogP contribution >= 0.6 is 15.9 Å². The van der Waals surface area contributed by atoms with Gasteiger partial charge in [0.05, 0.1) is 11.0 Å². The van der Waals surface area contributed by atoms with Crippen molar-refractivity contribution in [3.05, 3.63) is 58.3 Å². The first-order valence-electron chi connectivity index (χ1n) is 6.15. The van der Waals surface area contributed by atoms with Gasteiger partial charge in [-0.25, -0.2) is 0 Å². The number of aromatic nitrogens is 2. The molecule has 2 aromatic heterocycles. The number of pyridine rings is 1. The second-order valence-corrected chi connectivity index (χ2v) is 5.45. The van der Waals surface area contributed by atoms with E-state index in [4.69, 9.17) is 0 Å². The maximum absolute atomic E-state index is 12.2. The molecule has 0 bridgehead atoms. The fourth-order valence-corrected chi connectivity index (χ4v) is 2.51. The van der Waals surface area contributed by atoms with Gasteiger partial charge in [0, 0.05) is 16.4 Å². The summed E-state index contributed by atoms with van der Waals surface area (Å²) in [5.41, 5.74) is 3.93. The van der Waals surface area contributed by atoms with Crippen LogP contribution in [0.25, 0.3) is 11.0 Å². The number of fused-ring (bicyclic) bond motifs is 1. The molecule has 3 aromatic rings. The molecule has 1 amide bonds. The molecule has 0 aliphatic rings. The van der Waals surface area contributed by atoms with Gasteiger partial charge in [0.25, 0.3) is 5.91 Å². The quantitative estimate of drug-likeness (QED) is 0.749. The van der Waals surface area contributed by atoms with Crippen molar-refractivity contribution in [2.24, 2.45) is 0 Å². The van der Waals surface area contributed by atoms with E-state index in [9.17, 15) is 4.79 Å². The van der Waals surface area contributed by atoms with E-state index in [-0.39, 0.29) is 5.91 Å². The van der Waals surface area contributed by atoms with Crippen molar-refractivity contribution in [3.63, 3.8) is 0 Å². The summed E-state index contributed by atoms with van der Waals surface area (Å²) in [6.45, 7) is 1.95. The van der Waals surface area contributed by atoms with E-state index in [2.05, 4.69) is 31.2 Å². The number of anilines is 1. The minimum Gasteiger partial charge on any atom is -0.349 e. The summed E-state index contributed by atoms with van der Waals surface area (Å²) in [5.74, 6) is -0.173. The van der Waals surface area contributed by atoms with Crippen LogP contribution in [0.1, 0.15) is 16.1 Å². The van der Waals surface area contributed by atoms with E-state index in [0.717, 1.165) is 26.8 Å². The lowest BCUT2D eigenvalue weighted by Gasteiger charge is -2.07. The molecule has 0 radical (unpaired) electrons. The number of nitrogens with one attached hydrogen (secondary N) is 2. The SMILES string of the molecule is Cc1cc(Br)ccc1NC(=O)c1cc2ncccc2[nH]1. The summed E-state index contributed by atoms with van der Waals surface area (Å²) < 4.78 is 0.989. The highest BCUT2D eigenvalue weighted by Crippen LogP contribution is 2.21. The molecule has 0 saturated heterocycles. The number of hydrogen-bond donors (Lipinski definition) is 2. The van der Waals surface area contributed by atoms with E-state index in [1.807, 2.05) is 37.3 Å². The number of nitrogens with zero attached hydrogens (tertiary/aromatic N) is 1. The van der Waals surface area contributed by atoms with Gasteiger partial charge in [-0.1, -0.05) is 15.9 Å². The van der Waals surface area contributed by atoms with E-state index < -0.39 is 0 Å². The molecule has 0 fully saturated rings. The molecule has 4 nitrogen and oxygen atoms in total. The van der Waals surface area contributed by atoms with Crippen LogP contribution < -0.4 is 5.32 Å². The molecule has 1 aromatic carbocycles. The zero-order valence-electron chi connectivity index (χ0n) is 10.8. The van der Waals surface area contributed by atoms with Crippen LogP contribution in [-0.4, -0.2) is 15.9 Å². The molecular weight excluding hydrogens is 318 g/mol. The van der Waals surface area contributed by atoms with Crippen molar-refractivity contribution in [2.45, 2.75) is 6.92 Å². The van der Waals surface area contributed by atoms with Crippen molar-refractivity contribution in [1.82, 2.24) is 9.97 Å². The van der Waals surface area contributed by atoms with Crippen molar-refractivity contribution < 1.29 is 4.79 Å². The maximum Gasteiger partial charge on any atom is 0.272 e. The van der Waals surface area contributed by atoms with Crippen LogP contribution in [0, 0.1) is 6.92 Å². The number of rotatable bonds is 2. The van der Waals surface area contributed by atoms with Gasteiger partial charge in [0.15, 0.2) is 0 Å². The van der Waals surface area contributed by atoms with Crippen LogP contribution in [-0.2, 0) is 0 Å². The number of halogens is 1. The van der Waals surface area contributed by atoms with Gasteiger partial charge in [-0.05, 0) is 48.9 Å². The number of hydrogen-bond acceptors (Lipinski definition) is 2. The zero-order chi connectivity index (χ0) is 14.1. The van der Waals surface area contributed by atoms with E-state index in [0.29, 0.717) is 5.69 Å². The first kappa shape index (κ1) is 12.9. The van der Waals surface area contributed by atoms with Crippen molar-refractivity contribution in [3.8, 4) is 0 Å². The molecule has 20 heavy (non-hydrogen) atoms. The number of aryl methyl sites for hydroxylation is 1. The Kier molecular flexibility index (Phi) is 3.28. The number of benzene rings is 1. The van der Waals surface area contributed by atoms with Crippen molar-refractivity contribution in [1.29, 1.82) is 0 Å². The predicted molar refractivity (Wildman–Crippen MR) is 82.9 cm³/mol. The third-order valence-corrected chi connectivity index (χ3v) is 3.56. The van der Waals surface area contributed by atoms with E-state index in [1.54, 1.807) is 12.3 Å². The molecule has 0 aliphatic heterocycles. The minimum atomic E-state index is -0.173. The number of carbonyl (C=O) groups is 1. The molecule has 0 spiro atoms. The minimum absolute atomic E-state index is 0.173. The second-order valence-electron chi connectivity index (χ2n) is 4.53. The first-order chi connectivity index (χ1) is 9.63. The number of aromatic amines is 1. The average Bonchev–Trinajstić information content (AvgIpc) is 2.86. The van der Waals surface area contributed by atoms with Gasteiger partial charge in [-0.15, -0.1) is 0 Å². The third-order valence-electron chi connectivity index (χ3n) is 3.07. The van der Waals surface area contributed by atoms with E-state index >= 15 is 0 Å². The maximum atomic E-state index is 12.2. The Morgan fingerprint density at radius 1 is 1.30 bits per heavy atom. The molecule has 0 atom stereocenters. The Morgan fingerprint density at radius 3 is 2.90 bits per heavy atom. The third kappa shape index (κ3) is 2.44. The first-order valence-corrected chi connectivity index (χ1v) is 6.94. The van der Waals surface area contributed by atoms with Gasteiger partial charge in [0.1, 0.15) is 5.69 Å². The average molecular weight is 330 g/mol. The smallest absolute Gasteiger partial charge is 0.272 e. The molecule has 0 aliphatic carbocycles. The summed E-state index contributed by atoms with van der Waals surface area (Å²) in [6.07, 6.45) is 1.71. The Hall–Kier alpha value is -2.14. The Bertz CT molecular complexity index is 762. The van der Waals surface area contributed by atoms with Gasteiger partial charge >= 0.3 is 0 Å². The van der Waals surface area contributed by atoms with Crippen LogP contribution in [0.15, 0.2) is 47.1 Å². The molecule has 3 rings (SSSR count). The van der Waals surface area contributed by atoms with Crippen molar-refractivity contribution >= 4 is 38.6 Å². The lowest BCUT2D eigenvalue weighted by molar-refractivity contribution is 0.102. The van der Waals surface area contributed by atoms with Crippen LogP contribution in [0.2, 0.25) is 0 Å². The summed E-state index contributed by atoms with van der Waals surface area (Å²) in [7, 11) is 0. The second kappa shape index (κ2) is 5.09. The van der Waals surface area contributed by atoms with E-state index in [1.165, 1.54) is 0 Å². The summed E-state index contributed by atoms with van der Waals surface area (Å²) >= 11 is 3.40. The largest absolute Gasteiger partial charge is 0.349 e. The Balaban J connectivity index is 1.89. The summed E-state index contributed by atoms with van der Waals surface area (Å²) in [6, 6.07) is 11.2. The topological polar surface area (TPSA) is 57.8 Å². The lowest BCUT2D eigenvalue weighted by Crippen LogP contribution is -2.13. The fraction of sp³-hybridized carbons (Fsp3) is 0.0667. The molecule has 2 N–H and O–H groups in total. The highest BCUT2D eigenvalue weighted by molar-refractivity contribution is 9.10. The number of H-pyrrole nitrogens is 1. The van der Waals surface area contributed by atoms with Crippen LogP contribution in [0.4, 0.5) is 5.69 Å². The van der Waals surface area contributed by atoms with Gasteiger partial charge in [0.2, 0.25) is 0 Å². The van der Waals surface area contributed by atoms with Crippen LogP contribution in [0.5, 0.6) is 0 Å². The van der Waals surface area contributed by atoms with Crippen LogP contribution in [0.3, 0.4) is 0 Å². The summed E-state index contributed by atoms with van der Waals surface area (Å²) in [5, 5.41) is 2.90. The molecular formula is C15H12BrN3O. The number of carbonyl (C=O) groups excluding carboxylic acids is 1. The monoisotopic (exact) mass is 329 g/mol. The summed E-state index contributed by atoms with van der Waals surface area (Å²) in [4.78, 5) is 19.5. The molecule has 0 unspecified atom stereocenters. The lowest BCUT2D eigenvalue weighted by atomic mass is 10.2. The highest BCUT2D eigenvalue weighted by atomic mass is 79.9. The van der Waals surface area contributed by atoms with Crippen molar-refractivity contribution in [2.75, 3.05) is 5.32 Å². The van der Waals surface area contributed by atoms with Gasteiger partial charge in [-0.3, -0.25) is 9.78 Å².